The number of nitrogens with zero attached hydrogens (tertiary/aromatic N) is 4. The Kier molecular flexibility index (Phi) is 8.27. The zero-order valence-electron chi connectivity index (χ0n) is 31.4. The van der Waals surface area contributed by atoms with Crippen molar-refractivity contribution in [1.29, 1.82) is 0 Å². The molecule has 9 rings (SSSR count). The molecule has 54 heavy (non-hydrogen) atoms. The van der Waals surface area contributed by atoms with Gasteiger partial charge in [0.15, 0.2) is 0 Å². The van der Waals surface area contributed by atoms with E-state index in [2.05, 4.69) is 70.6 Å². The van der Waals surface area contributed by atoms with Crippen molar-refractivity contribution in [3.63, 3.8) is 0 Å². The molecule has 2 saturated heterocycles. The number of hydrogen-bond acceptors (Lipinski definition) is 8. The molecule has 12 heteroatoms. The number of rotatable bonds is 4. The van der Waals surface area contributed by atoms with Gasteiger partial charge < -0.3 is 19.4 Å². The van der Waals surface area contributed by atoms with Crippen molar-refractivity contribution in [3.05, 3.63) is 72.3 Å². The van der Waals surface area contributed by atoms with E-state index in [-0.39, 0.29) is 24.3 Å². The van der Waals surface area contributed by atoms with E-state index in [4.69, 9.17) is 19.4 Å². The van der Waals surface area contributed by atoms with E-state index >= 15 is 0 Å². The van der Waals surface area contributed by atoms with Crippen LogP contribution in [0.3, 0.4) is 0 Å². The lowest BCUT2D eigenvalue weighted by atomic mass is 10.1. The Morgan fingerprint density at radius 3 is 1.48 bits per heavy atom. The molecule has 10 nitrogen and oxygen atoms in total. The zero-order valence-corrected chi connectivity index (χ0v) is 33.0. The van der Waals surface area contributed by atoms with E-state index in [1.165, 1.54) is 29.9 Å². The second kappa shape index (κ2) is 12.8. The molecule has 4 aromatic heterocycles. The molecule has 6 heterocycles. The van der Waals surface area contributed by atoms with Crippen LogP contribution in [-0.4, -0.2) is 66.2 Å². The number of ether oxygens (including phenoxy) is 2. The minimum absolute atomic E-state index is 0.120. The Bertz CT molecular complexity index is 2360. The largest absolute Gasteiger partial charge is 0.444 e. The number of amides is 2. The first-order chi connectivity index (χ1) is 25.7. The van der Waals surface area contributed by atoms with Crippen molar-refractivity contribution < 1.29 is 19.1 Å². The van der Waals surface area contributed by atoms with Crippen molar-refractivity contribution in [2.24, 2.45) is 0 Å². The van der Waals surface area contributed by atoms with Crippen LogP contribution >= 0.6 is 22.7 Å². The van der Waals surface area contributed by atoms with Gasteiger partial charge in [-0.05, 0) is 138 Å². The highest BCUT2D eigenvalue weighted by molar-refractivity contribution is 7.23. The van der Waals surface area contributed by atoms with Gasteiger partial charge in [-0.2, -0.15) is 0 Å². The molecule has 2 aliphatic rings. The quantitative estimate of drug-likeness (QED) is 0.184. The molecule has 0 bridgehead atoms. The number of imidazole rings is 2. The molecular formula is C42H44N6O4S2. The average molecular weight is 761 g/mol. The third-order valence-corrected chi connectivity index (χ3v) is 12.4. The summed E-state index contributed by atoms with van der Waals surface area (Å²) in [7, 11) is 0. The molecule has 2 N–H and O–H groups in total. The number of thiophene rings is 2. The monoisotopic (exact) mass is 760 g/mol. The first-order valence-electron chi connectivity index (χ1n) is 18.7. The molecule has 7 aromatic rings. The Morgan fingerprint density at radius 1 is 0.648 bits per heavy atom. The number of aromatic nitrogens is 4. The van der Waals surface area contributed by atoms with Crippen LogP contribution in [0, 0.1) is 0 Å². The molecule has 0 spiro atoms. The summed E-state index contributed by atoms with van der Waals surface area (Å²) in [4.78, 5) is 48.8. The Balaban J connectivity index is 0.951. The normalized spacial score (nSPS) is 18.2. The molecule has 0 saturated carbocycles. The van der Waals surface area contributed by atoms with Gasteiger partial charge in [-0.25, -0.2) is 19.6 Å². The maximum absolute atomic E-state index is 12.9. The van der Waals surface area contributed by atoms with Gasteiger partial charge in [-0.1, -0.05) is 12.1 Å². The summed E-state index contributed by atoms with van der Waals surface area (Å²) < 4.78 is 13.8. The lowest BCUT2D eigenvalue weighted by Crippen LogP contribution is -2.36. The molecular weight excluding hydrogens is 717 g/mol. The minimum Gasteiger partial charge on any atom is -0.444 e. The average Bonchev–Trinajstić information content (AvgIpc) is 3.95. The SMILES string of the molecule is CC(C)(C)OC(=O)N1CCCC1c1nc2cc(-c3cc4cc5sc(-c6ccc7[nH]c(C8CCCN8C(=O)OC(C)(C)C)nc7c6)cc5cc4s3)ccc2[nH]1. The van der Waals surface area contributed by atoms with Gasteiger partial charge in [-0.15, -0.1) is 22.7 Å². The predicted octanol–water partition coefficient (Wildman–Crippen LogP) is 11.3. The summed E-state index contributed by atoms with van der Waals surface area (Å²) in [5, 5.41) is 2.44. The molecule has 2 aliphatic heterocycles. The van der Waals surface area contributed by atoms with Crippen molar-refractivity contribution >= 4 is 77.1 Å². The van der Waals surface area contributed by atoms with Crippen LogP contribution in [0.5, 0.6) is 0 Å². The number of fused-ring (bicyclic) bond motifs is 4. The Hall–Kier alpha value is -4.94. The Labute approximate surface area is 321 Å². The molecule has 3 aromatic carbocycles. The topological polar surface area (TPSA) is 116 Å². The maximum atomic E-state index is 12.9. The number of hydrogen-bond donors (Lipinski definition) is 2. The van der Waals surface area contributed by atoms with Gasteiger partial charge >= 0.3 is 12.2 Å². The lowest BCUT2D eigenvalue weighted by Gasteiger charge is -2.27. The number of carbonyl (C=O) groups excluding carboxylic acids is 2. The summed E-state index contributed by atoms with van der Waals surface area (Å²) in [5.74, 6) is 1.62. The van der Waals surface area contributed by atoms with Gasteiger partial charge in [-0.3, -0.25) is 9.80 Å². The molecule has 0 aliphatic carbocycles. The number of aromatic amines is 2. The van der Waals surface area contributed by atoms with E-state index in [0.717, 1.165) is 70.5 Å². The van der Waals surface area contributed by atoms with Crippen LogP contribution < -0.4 is 0 Å². The third-order valence-electron chi connectivity index (χ3n) is 10.1. The fraction of sp³-hybridized carbons (Fsp3) is 0.381. The van der Waals surface area contributed by atoms with Crippen LogP contribution in [0.1, 0.15) is 91.0 Å². The molecule has 2 atom stereocenters. The standard InChI is InChI=1S/C42H44N6O4S2/c1-41(2,3)51-39(49)47-15-7-9-31(47)37-43-27-13-11-23(17-29(27)45-37)33-19-25-21-36-26(22-35(25)53-33)20-34(54-36)24-12-14-28-30(18-24)46-38(44-28)32-10-8-16-48(32)40(50)52-42(4,5)6/h11-14,17-22,31-32H,7-10,15-16H2,1-6H3,(H,43,45)(H,44,46). The number of benzene rings is 3. The van der Waals surface area contributed by atoms with Gasteiger partial charge in [0, 0.05) is 32.2 Å². The molecule has 2 amide bonds. The summed E-state index contributed by atoms with van der Waals surface area (Å²) >= 11 is 3.58. The predicted molar refractivity (Wildman–Crippen MR) is 217 cm³/mol. The maximum Gasteiger partial charge on any atom is 0.410 e. The third kappa shape index (κ3) is 6.59. The van der Waals surface area contributed by atoms with Crippen molar-refractivity contribution in [1.82, 2.24) is 29.7 Å². The Morgan fingerprint density at radius 2 is 1.07 bits per heavy atom. The summed E-state index contributed by atoms with van der Waals surface area (Å²) in [5.41, 5.74) is 4.88. The van der Waals surface area contributed by atoms with Crippen LogP contribution in [0.25, 0.3) is 63.1 Å². The number of carbonyl (C=O) groups is 2. The van der Waals surface area contributed by atoms with E-state index in [1.54, 1.807) is 32.5 Å². The van der Waals surface area contributed by atoms with E-state index in [1.807, 2.05) is 41.5 Å². The van der Waals surface area contributed by atoms with Gasteiger partial charge in [0.1, 0.15) is 22.9 Å². The smallest absolute Gasteiger partial charge is 0.410 e. The zero-order chi connectivity index (χ0) is 37.5. The fourth-order valence-corrected chi connectivity index (χ4v) is 9.89. The first-order valence-corrected chi connectivity index (χ1v) is 20.3. The highest BCUT2D eigenvalue weighted by atomic mass is 32.1. The highest BCUT2D eigenvalue weighted by Gasteiger charge is 2.36. The second-order valence-corrected chi connectivity index (χ2v) is 18.7. The van der Waals surface area contributed by atoms with Crippen molar-refractivity contribution in [3.8, 4) is 20.9 Å². The van der Waals surface area contributed by atoms with Gasteiger partial charge in [0.25, 0.3) is 0 Å². The highest BCUT2D eigenvalue weighted by Crippen LogP contribution is 2.42. The molecule has 0 radical (unpaired) electrons. The van der Waals surface area contributed by atoms with Gasteiger partial charge in [0.05, 0.1) is 34.2 Å². The van der Waals surface area contributed by atoms with Crippen LogP contribution in [0.4, 0.5) is 9.59 Å². The van der Waals surface area contributed by atoms with E-state index in [9.17, 15) is 9.59 Å². The fourth-order valence-electron chi connectivity index (χ4n) is 7.71. The number of H-pyrrole nitrogens is 2. The van der Waals surface area contributed by atoms with Gasteiger partial charge in [0.2, 0.25) is 0 Å². The summed E-state index contributed by atoms with van der Waals surface area (Å²) in [6, 6.07) is 21.7. The van der Waals surface area contributed by atoms with Crippen LogP contribution in [-0.2, 0) is 9.47 Å². The van der Waals surface area contributed by atoms with E-state index in [0.29, 0.717) is 13.1 Å². The van der Waals surface area contributed by atoms with Crippen LogP contribution in [0.2, 0.25) is 0 Å². The molecule has 2 fully saturated rings. The first kappa shape index (κ1) is 34.8. The van der Waals surface area contributed by atoms with Crippen molar-refractivity contribution in [2.45, 2.75) is 90.5 Å². The van der Waals surface area contributed by atoms with Crippen molar-refractivity contribution in [2.75, 3.05) is 13.1 Å². The second-order valence-electron chi connectivity index (χ2n) is 16.5. The lowest BCUT2D eigenvalue weighted by molar-refractivity contribution is 0.0208. The number of nitrogens with one attached hydrogen (secondary N) is 2. The summed E-state index contributed by atoms with van der Waals surface area (Å²) in [6.07, 6.45) is 2.98. The summed E-state index contributed by atoms with van der Waals surface area (Å²) in [6.45, 7) is 12.7. The van der Waals surface area contributed by atoms with Crippen LogP contribution in [0.15, 0.2) is 60.7 Å². The van der Waals surface area contributed by atoms with E-state index < -0.39 is 11.2 Å². The minimum atomic E-state index is -0.541. The molecule has 2 unspecified atom stereocenters. The molecule has 278 valence electrons. The number of likely N-dealkylation sites (tertiary alicyclic amines) is 2.